The van der Waals surface area contributed by atoms with E-state index in [9.17, 15) is 23.2 Å². The molecule has 0 aliphatic carbocycles. The lowest BCUT2D eigenvalue weighted by atomic mass is 10.1. The van der Waals surface area contributed by atoms with Crippen LogP contribution in [0.1, 0.15) is 11.1 Å². The molecule has 4 rings (SSSR count). The van der Waals surface area contributed by atoms with E-state index >= 15 is 0 Å². The third-order valence-corrected chi connectivity index (χ3v) is 5.25. The highest BCUT2D eigenvalue weighted by atomic mass is 32.1. The minimum Gasteiger partial charge on any atom is -0.444 e. The van der Waals surface area contributed by atoms with Gasteiger partial charge in [0.2, 0.25) is 0 Å². The Bertz CT molecular complexity index is 1300. The highest BCUT2D eigenvalue weighted by Gasteiger charge is 2.33. The van der Waals surface area contributed by atoms with Gasteiger partial charge in [-0.05, 0) is 35.8 Å². The summed E-state index contributed by atoms with van der Waals surface area (Å²) in [6, 6.07) is 13.4. The predicted molar refractivity (Wildman–Crippen MR) is 105 cm³/mol. The predicted octanol–water partition coefficient (Wildman–Crippen LogP) is 5.19. The second-order valence-corrected chi connectivity index (χ2v) is 7.05. The molecule has 0 fully saturated rings. The Balaban J connectivity index is 1.78. The van der Waals surface area contributed by atoms with Gasteiger partial charge in [-0.25, -0.2) is 8.94 Å². The van der Waals surface area contributed by atoms with E-state index in [4.69, 9.17) is 4.42 Å². The number of para-hydroxylation sites is 1. The standard InChI is InChI=1S/C20H11F3N4O2S/c21-20(22,23)15-6-1-2-7-16(15)26-18-14(9-24)19(28)27(30-18)13-5-3-4-12(8-13)17-10-25-11-29-17/h1-8,10-11,26H. The molecule has 150 valence electrons. The molecule has 2 aromatic carbocycles. The van der Waals surface area contributed by atoms with Crippen LogP contribution in [0, 0.1) is 11.3 Å². The van der Waals surface area contributed by atoms with Gasteiger partial charge in [0.15, 0.2) is 17.7 Å². The van der Waals surface area contributed by atoms with Crippen LogP contribution in [0.4, 0.5) is 23.9 Å². The van der Waals surface area contributed by atoms with Crippen LogP contribution >= 0.6 is 11.5 Å². The summed E-state index contributed by atoms with van der Waals surface area (Å²) in [5.41, 5.74) is -0.960. The molecule has 0 spiro atoms. The number of nitriles is 1. The van der Waals surface area contributed by atoms with Crippen LogP contribution in [0.2, 0.25) is 0 Å². The normalized spacial score (nSPS) is 11.3. The molecule has 0 bridgehead atoms. The molecule has 4 aromatic rings. The van der Waals surface area contributed by atoms with Gasteiger partial charge in [-0.15, -0.1) is 0 Å². The lowest BCUT2D eigenvalue weighted by Gasteiger charge is -2.13. The first-order chi connectivity index (χ1) is 14.4. The monoisotopic (exact) mass is 428 g/mol. The maximum absolute atomic E-state index is 13.3. The van der Waals surface area contributed by atoms with E-state index in [1.165, 1.54) is 34.7 Å². The Morgan fingerprint density at radius 1 is 1.17 bits per heavy atom. The topological polar surface area (TPSA) is 83.8 Å². The molecule has 0 aliphatic heterocycles. The minimum atomic E-state index is -4.59. The van der Waals surface area contributed by atoms with Crippen molar-refractivity contribution in [2.45, 2.75) is 6.18 Å². The quantitative estimate of drug-likeness (QED) is 0.484. The van der Waals surface area contributed by atoms with E-state index < -0.39 is 17.3 Å². The first kappa shape index (κ1) is 19.5. The number of rotatable bonds is 4. The van der Waals surface area contributed by atoms with Crippen LogP contribution in [-0.2, 0) is 6.18 Å². The molecule has 10 heteroatoms. The summed E-state index contributed by atoms with van der Waals surface area (Å²) in [5, 5.41) is 12.0. The van der Waals surface area contributed by atoms with Crippen LogP contribution in [0.5, 0.6) is 0 Å². The molecular formula is C20H11F3N4O2S. The molecule has 0 atom stereocenters. The molecule has 2 aromatic heterocycles. The van der Waals surface area contributed by atoms with Crippen molar-refractivity contribution in [3.05, 3.63) is 82.6 Å². The molecule has 0 amide bonds. The van der Waals surface area contributed by atoms with Crippen LogP contribution < -0.4 is 10.9 Å². The molecule has 0 radical (unpaired) electrons. The van der Waals surface area contributed by atoms with Gasteiger partial charge in [0.1, 0.15) is 11.1 Å². The summed E-state index contributed by atoms with van der Waals surface area (Å²) in [7, 11) is 0. The van der Waals surface area contributed by atoms with Gasteiger partial charge in [-0.2, -0.15) is 18.4 Å². The van der Waals surface area contributed by atoms with Crippen molar-refractivity contribution in [1.29, 1.82) is 5.26 Å². The fourth-order valence-corrected chi connectivity index (χ4v) is 3.79. The molecular weight excluding hydrogens is 417 g/mol. The number of hydrogen-bond acceptors (Lipinski definition) is 6. The van der Waals surface area contributed by atoms with Crippen molar-refractivity contribution in [1.82, 2.24) is 8.94 Å². The van der Waals surface area contributed by atoms with E-state index in [0.717, 1.165) is 17.6 Å². The summed E-state index contributed by atoms with van der Waals surface area (Å²) in [6.07, 6.45) is -1.80. The van der Waals surface area contributed by atoms with Crippen LogP contribution in [0.25, 0.3) is 17.0 Å². The fourth-order valence-electron chi connectivity index (χ4n) is 2.84. The molecule has 2 heterocycles. The maximum Gasteiger partial charge on any atom is 0.418 e. The molecule has 0 aliphatic rings. The van der Waals surface area contributed by atoms with Crippen molar-refractivity contribution in [3.63, 3.8) is 0 Å². The van der Waals surface area contributed by atoms with Gasteiger partial charge in [-0.3, -0.25) is 4.79 Å². The summed E-state index contributed by atoms with van der Waals surface area (Å²) in [6.45, 7) is 0. The lowest BCUT2D eigenvalue weighted by Crippen LogP contribution is -2.13. The van der Waals surface area contributed by atoms with Gasteiger partial charge < -0.3 is 9.73 Å². The largest absolute Gasteiger partial charge is 0.444 e. The Morgan fingerprint density at radius 2 is 1.97 bits per heavy atom. The third kappa shape index (κ3) is 3.58. The number of anilines is 2. The van der Waals surface area contributed by atoms with E-state index in [0.29, 0.717) is 17.0 Å². The van der Waals surface area contributed by atoms with Gasteiger partial charge >= 0.3 is 6.18 Å². The number of nitrogens with one attached hydrogen (secondary N) is 1. The molecule has 1 N–H and O–H groups in total. The second-order valence-electron chi connectivity index (χ2n) is 6.09. The summed E-state index contributed by atoms with van der Waals surface area (Å²) >= 11 is 0.841. The smallest absolute Gasteiger partial charge is 0.418 e. The first-order valence-corrected chi connectivity index (χ1v) is 9.25. The van der Waals surface area contributed by atoms with Crippen molar-refractivity contribution in [3.8, 4) is 23.1 Å². The van der Waals surface area contributed by atoms with E-state index in [1.807, 2.05) is 0 Å². The fraction of sp³-hybridized carbons (Fsp3) is 0.0500. The van der Waals surface area contributed by atoms with Crippen molar-refractivity contribution >= 4 is 22.2 Å². The number of alkyl halides is 3. The van der Waals surface area contributed by atoms with E-state index in [1.54, 1.807) is 30.3 Å². The SMILES string of the molecule is N#Cc1c(Nc2ccccc2C(F)(F)F)sn(-c2cccc(-c3cnco3)c2)c1=O. The Hall–Kier alpha value is -3.84. The lowest BCUT2D eigenvalue weighted by molar-refractivity contribution is -0.136. The maximum atomic E-state index is 13.3. The van der Waals surface area contributed by atoms with Crippen LogP contribution in [0.3, 0.4) is 0 Å². The molecule has 0 unspecified atom stereocenters. The average molecular weight is 428 g/mol. The number of hydrogen-bond donors (Lipinski definition) is 1. The average Bonchev–Trinajstić information content (AvgIpc) is 3.36. The zero-order valence-corrected chi connectivity index (χ0v) is 15.8. The Kier molecular flexibility index (Phi) is 4.89. The van der Waals surface area contributed by atoms with Gasteiger partial charge in [-0.1, -0.05) is 24.3 Å². The van der Waals surface area contributed by atoms with Crippen molar-refractivity contribution in [2.24, 2.45) is 0 Å². The summed E-state index contributed by atoms with van der Waals surface area (Å²) in [5.74, 6) is 0.486. The minimum absolute atomic E-state index is 0.0178. The molecule has 6 nitrogen and oxygen atoms in total. The number of benzene rings is 2. The summed E-state index contributed by atoms with van der Waals surface area (Å²) < 4.78 is 46.3. The third-order valence-electron chi connectivity index (χ3n) is 4.20. The molecule has 0 saturated heterocycles. The zero-order valence-electron chi connectivity index (χ0n) is 15.0. The van der Waals surface area contributed by atoms with Crippen LogP contribution in [-0.4, -0.2) is 8.94 Å². The van der Waals surface area contributed by atoms with Crippen molar-refractivity contribution in [2.75, 3.05) is 5.32 Å². The van der Waals surface area contributed by atoms with Gasteiger partial charge in [0.25, 0.3) is 5.56 Å². The number of halogens is 3. The van der Waals surface area contributed by atoms with E-state index in [-0.39, 0.29) is 16.3 Å². The zero-order chi connectivity index (χ0) is 21.3. The van der Waals surface area contributed by atoms with Gasteiger partial charge in [0.05, 0.1) is 23.1 Å². The van der Waals surface area contributed by atoms with Crippen molar-refractivity contribution < 1.29 is 17.6 Å². The van der Waals surface area contributed by atoms with Gasteiger partial charge in [0, 0.05) is 5.56 Å². The summed E-state index contributed by atoms with van der Waals surface area (Å²) in [4.78, 5) is 16.6. The second kappa shape index (κ2) is 7.53. The number of nitrogens with zero attached hydrogens (tertiary/aromatic N) is 3. The van der Waals surface area contributed by atoms with E-state index in [2.05, 4.69) is 10.3 Å². The highest BCUT2D eigenvalue weighted by Crippen LogP contribution is 2.37. The highest BCUT2D eigenvalue weighted by molar-refractivity contribution is 7.11. The Labute approximate surface area is 171 Å². The Morgan fingerprint density at radius 3 is 2.67 bits per heavy atom. The first-order valence-electron chi connectivity index (χ1n) is 8.47. The molecule has 0 saturated carbocycles. The number of aromatic nitrogens is 2. The molecule has 30 heavy (non-hydrogen) atoms. The van der Waals surface area contributed by atoms with Crippen LogP contribution in [0.15, 0.2) is 70.3 Å². The number of oxazole rings is 1.